The Kier molecular flexibility index (Phi) is 14.4. The first kappa shape index (κ1) is 28.5. The van der Waals surface area contributed by atoms with Crippen molar-refractivity contribution in [1.29, 1.82) is 0 Å². The lowest BCUT2D eigenvalue weighted by Gasteiger charge is -2.08. The van der Waals surface area contributed by atoms with E-state index in [1.807, 2.05) is 24.3 Å². The Morgan fingerprint density at radius 3 is 1.49 bits per heavy atom. The van der Waals surface area contributed by atoms with Gasteiger partial charge in [-0.1, -0.05) is 78.1 Å². The Balaban J connectivity index is 1.74. The van der Waals surface area contributed by atoms with E-state index in [2.05, 4.69) is 13.8 Å². The van der Waals surface area contributed by atoms with Crippen LogP contribution in [-0.4, -0.2) is 24.1 Å². The average molecular weight is 481 g/mol. The molecule has 2 rings (SSSR count). The van der Waals surface area contributed by atoms with Crippen molar-refractivity contribution in [2.45, 2.75) is 90.9 Å². The number of ether oxygens (including phenoxy) is 2. The van der Waals surface area contributed by atoms with Crippen LogP contribution < -0.4 is 9.47 Å². The number of benzene rings is 2. The monoisotopic (exact) mass is 480 g/mol. The van der Waals surface area contributed by atoms with E-state index in [9.17, 15) is 9.90 Å². The van der Waals surface area contributed by atoms with Gasteiger partial charge in [-0.15, -0.1) is 0 Å². The number of rotatable bonds is 19. The van der Waals surface area contributed by atoms with Crippen LogP contribution in [0.1, 0.15) is 107 Å². The molecule has 0 atom stereocenters. The summed E-state index contributed by atoms with van der Waals surface area (Å²) >= 11 is 0. The number of carbonyl (C=O) groups excluding carboxylic acids is 1. The number of carbonyl (C=O) groups is 1. The third-order valence-corrected chi connectivity index (χ3v) is 6.09. The molecule has 0 aliphatic carbocycles. The number of ketones is 1. The molecule has 4 heteroatoms. The fourth-order valence-corrected chi connectivity index (χ4v) is 3.87. The average Bonchev–Trinajstić information content (AvgIpc) is 2.88. The molecular weight excluding hydrogens is 436 g/mol. The van der Waals surface area contributed by atoms with Crippen molar-refractivity contribution in [2.75, 3.05) is 13.2 Å². The quantitative estimate of drug-likeness (QED) is 0.0943. The minimum atomic E-state index is -0.242. The molecule has 0 bridgehead atoms. The van der Waals surface area contributed by atoms with Crippen molar-refractivity contribution in [1.82, 2.24) is 0 Å². The fourth-order valence-electron chi connectivity index (χ4n) is 3.87. The predicted octanol–water partition coefficient (Wildman–Crippen LogP) is 8.95. The van der Waals surface area contributed by atoms with Gasteiger partial charge in [0.1, 0.15) is 17.3 Å². The summed E-state index contributed by atoms with van der Waals surface area (Å²) in [4.78, 5) is 12.6. The Labute approximate surface area is 212 Å². The van der Waals surface area contributed by atoms with Crippen LogP contribution >= 0.6 is 0 Å². The maximum atomic E-state index is 12.6. The molecular formula is C31H44O4. The second-order valence-corrected chi connectivity index (χ2v) is 9.18. The molecule has 0 unspecified atom stereocenters. The molecule has 0 fully saturated rings. The van der Waals surface area contributed by atoms with Gasteiger partial charge in [0.25, 0.3) is 0 Å². The molecule has 4 nitrogen and oxygen atoms in total. The van der Waals surface area contributed by atoms with Gasteiger partial charge >= 0.3 is 0 Å². The van der Waals surface area contributed by atoms with Gasteiger partial charge in [-0.25, -0.2) is 0 Å². The van der Waals surface area contributed by atoms with Gasteiger partial charge in [0.15, 0.2) is 5.78 Å². The van der Waals surface area contributed by atoms with Gasteiger partial charge in [0, 0.05) is 17.2 Å². The van der Waals surface area contributed by atoms with E-state index in [1.165, 1.54) is 70.3 Å². The smallest absolute Gasteiger partial charge is 0.189 e. The SMILES string of the molecule is CCCCCCCCOc1ccc(C(=O)/C=C(\O)c2ccc(OCCCCCCCC)cc2)cc1. The number of aliphatic hydroxyl groups excluding tert-OH is 1. The zero-order valence-corrected chi connectivity index (χ0v) is 21.8. The largest absolute Gasteiger partial charge is 0.507 e. The molecule has 192 valence electrons. The van der Waals surface area contributed by atoms with E-state index in [-0.39, 0.29) is 11.5 Å². The molecule has 35 heavy (non-hydrogen) atoms. The molecule has 0 saturated heterocycles. The summed E-state index contributed by atoms with van der Waals surface area (Å²) in [6, 6.07) is 14.3. The van der Waals surface area contributed by atoms with Crippen LogP contribution in [0.5, 0.6) is 11.5 Å². The van der Waals surface area contributed by atoms with Crippen LogP contribution in [0, 0.1) is 0 Å². The highest BCUT2D eigenvalue weighted by Crippen LogP contribution is 2.20. The molecule has 0 spiro atoms. The zero-order chi connectivity index (χ0) is 25.1. The van der Waals surface area contributed by atoms with Crippen LogP contribution in [0.2, 0.25) is 0 Å². The van der Waals surface area contributed by atoms with E-state index in [0.717, 1.165) is 24.3 Å². The second kappa shape index (κ2) is 17.7. The number of aliphatic hydroxyl groups is 1. The molecule has 0 heterocycles. The van der Waals surface area contributed by atoms with Crippen molar-refractivity contribution in [2.24, 2.45) is 0 Å². The minimum absolute atomic E-state index is 0.0547. The molecule has 0 aliphatic heterocycles. The van der Waals surface area contributed by atoms with Crippen LogP contribution in [0.25, 0.3) is 5.76 Å². The molecule has 0 saturated carbocycles. The van der Waals surface area contributed by atoms with Crippen LogP contribution in [-0.2, 0) is 0 Å². The van der Waals surface area contributed by atoms with Crippen molar-refractivity contribution in [3.05, 3.63) is 65.7 Å². The van der Waals surface area contributed by atoms with Gasteiger partial charge < -0.3 is 14.6 Å². The zero-order valence-electron chi connectivity index (χ0n) is 21.8. The summed E-state index contributed by atoms with van der Waals surface area (Å²) in [6.45, 7) is 5.84. The van der Waals surface area contributed by atoms with Crippen LogP contribution in [0.4, 0.5) is 0 Å². The standard InChI is InChI=1S/C31H44O4/c1-3-5-7-9-11-13-23-34-28-19-15-26(16-20-28)30(32)25-31(33)27-17-21-29(22-18-27)35-24-14-12-10-8-6-4-2/h15-22,25,32H,3-14,23-24H2,1-2H3/b30-25-. The van der Waals surface area contributed by atoms with E-state index in [0.29, 0.717) is 24.3 Å². The lowest BCUT2D eigenvalue weighted by molar-refractivity contribution is 0.104. The third kappa shape index (κ3) is 12.0. The minimum Gasteiger partial charge on any atom is -0.507 e. The van der Waals surface area contributed by atoms with Crippen LogP contribution in [0.15, 0.2) is 54.6 Å². The second-order valence-electron chi connectivity index (χ2n) is 9.18. The number of unbranched alkanes of at least 4 members (excludes halogenated alkanes) is 10. The summed E-state index contributed by atoms with van der Waals surface area (Å²) in [7, 11) is 0. The fraction of sp³-hybridized carbons (Fsp3) is 0.516. The van der Waals surface area contributed by atoms with Crippen molar-refractivity contribution >= 4 is 11.5 Å². The topological polar surface area (TPSA) is 55.8 Å². The number of hydrogen-bond donors (Lipinski definition) is 1. The Morgan fingerprint density at radius 1 is 0.629 bits per heavy atom. The summed E-state index contributed by atoms with van der Waals surface area (Å²) < 4.78 is 11.6. The Bertz CT molecular complexity index is 853. The molecule has 1 N–H and O–H groups in total. The Morgan fingerprint density at radius 2 is 1.03 bits per heavy atom. The van der Waals surface area contributed by atoms with Gasteiger partial charge in [-0.05, 0) is 61.4 Å². The van der Waals surface area contributed by atoms with Gasteiger partial charge in [-0.2, -0.15) is 0 Å². The summed E-state index contributed by atoms with van der Waals surface area (Å²) in [5, 5.41) is 10.4. The van der Waals surface area contributed by atoms with E-state index >= 15 is 0 Å². The summed E-state index contributed by atoms with van der Waals surface area (Å²) in [5.74, 6) is 1.24. The Hall–Kier alpha value is -2.75. The normalized spacial score (nSPS) is 11.4. The lowest BCUT2D eigenvalue weighted by atomic mass is 10.1. The molecule has 0 amide bonds. The lowest BCUT2D eigenvalue weighted by Crippen LogP contribution is -2.00. The molecule has 2 aromatic carbocycles. The number of hydrogen-bond acceptors (Lipinski definition) is 4. The highest BCUT2D eigenvalue weighted by Gasteiger charge is 2.07. The maximum absolute atomic E-state index is 12.6. The molecule has 0 aliphatic rings. The van der Waals surface area contributed by atoms with Gasteiger partial charge in [0.05, 0.1) is 13.2 Å². The molecule has 2 aromatic rings. The van der Waals surface area contributed by atoms with Crippen molar-refractivity contribution in [3.63, 3.8) is 0 Å². The first-order chi connectivity index (χ1) is 17.1. The highest BCUT2D eigenvalue weighted by atomic mass is 16.5. The van der Waals surface area contributed by atoms with Crippen molar-refractivity contribution < 1.29 is 19.4 Å². The summed E-state index contributed by atoms with van der Waals surface area (Å²) in [6.07, 6.45) is 16.0. The molecule has 0 radical (unpaired) electrons. The highest BCUT2D eigenvalue weighted by molar-refractivity contribution is 6.07. The maximum Gasteiger partial charge on any atom is 0.189 e. The van der Waals surface area contributed by atoms with E-state index in [1.54, 1.807) is 24.3 Å². The third-order valence-electron chi connectivity index (χ3n) is 6.09. The first-order valence-electron chi connectivity index (χ1n) is 13.5. The first-order valence-corrected chi connectivity index (χ1v) is 13.5. The van der Waals surface area contributed by atoms with Gasteiger partial charge in [-0.3, -0.25) is 4.79 Å². The van der Waals surface area contributed by atoms with E-state index in [4.69, 9.17) is 9.47 Å². The number of allylic oxidation sites excluding steroid dienone is 1. The van der Waals surface area contributed by atoms with Gasteiger partial charge in [0.2, 0.25) is 0 Å². The van der Waals surface area contributed by atoms with Crippen molar-refractivity contribution in [3.8, 4) is 11.5 Å². The van der Waals surface area contributed by atoms with Crippen LogP contribution in [0.3, 0.4) is 0 Å². The van der Waals surface area contributed by atoms with E-state index < -0.39 is 0 Å². The predicted molar refractivity (Wildman–Crippen MR) is 146 cm³/mol. The summed E-state index contributed by atoms with van der Waals surface area (Å²) in [5.41, 5.74) is 1.10. The molecule has 0 aromatic heterocycles.